The van der Waals surface area contributed by atoms with Crippen molar-refractivity contribution >= 4 is 17.8 Å². The minimum atomic E-state index is -0.174. The molecule has 3 aliphatic carbocycles. The lowest BCUT2D eigenvalue weighted by molar-refractivity contribution is -0.00126. The molecule has 2 bridgehead atoms. The molecular weight excluding hydrogens is 286 g/mol. The number of hydrazone groups is 1. The zero-order valence-corrected chi connectivity index (χ0v) is 14.3. The Morgan fingerprint density at radius 1 is 1.39 bits per heavy atom. The van der Waals surface area contributed by atoms with Crippen molar-refractivity contribution in [3.05, 3.63) is 41.5 Å². The van der Waals surface area contributed by atoms with Crippen LogP contribution in [0, 0.1) is 17.3 Å². The average Bonchev–Trinajstić information content (AvgIpc) is 2.54. The molecule has 1 saturated carbocycles. The van der Waals surface area contributed by atoms with E-state index in [9.17, 15) is 4.79 Å². The Morgan fingerprint density at radius 2 is 2.17 bits per heavy atom. The molecule has 0 aliphatic heterocycles. The van der Waals surface area contributed by atoms with Crippen molar-refractivity contribution in [3.8, 4) is 0 Å². The third-order valence-corrected chi connectivity index (χ3v) is 5.52. The Labute approximate surface area is 138 Å². The van der Waals surface area contributed by atoms with E-state index in [1.807, 2.05) is 43.4 Å². The van der Waals surface area contributed by atoms with Crippen LogP contribution in [-0.4, -0.2) is 26.2 Å². The Bertz CT molecular complexity index is 673. The summed E-state index contributed by atoms with van der Waals surface area (Å²) in [7, 11) is 3.91. The van der Waals surface area contributed by atoms with Crippen molar-refractivity contribution < 1.29 is 4.79 Å². The van der Waals surface area contributed by atoms with Crippen LogP contribution >= 0.6 is 0 Å². The lowest BCUT2D eigenvalue weighted by atomic mass is 9.49. The summed E-state index contributed by atoms with van der Waals surface area (Å²) >= 11 is 0. The normalized spacial score (nSPS) is 24.8. The number of amides is 1. The zero-order chi connectivity index (χ0) is 16.6. The first kappa shape index (κ1) is 15.8. The van der Waals surface area contributed by atoms with Gasteiger partial charge in [-0.3, -0.25) is 4.79 Å². The summed E-state index contributed by atoms with van der Waals surface area (Å²) in [4.78, 5) is 14.2. The topological polar surface area (TPSA) is 44.7 Å². The van der Waals surface area contributed by atoms with Gasteiger partial charge < -0.3 is 4.90 Å². The van der Waals surface area contributed by atoms with Crippen LogP contribution in [0.15, 0.2) is 41.0 Å². The van der Waals surface area contributed by atoms with Gasteiger partial charge in [-0.15, -0.1) is 0 Å². The number of carbonyl (C=O) groups excluding carboxylic acids is 1. The van der Waals surface area contributed by atoms with Crippen LogP contribution in [0.1, 0.15) is 37.0 Å². The minimum absolute atomic E-state index is 0.174. The van der Waals surface area contributed by atoms with Crippen LogP contribution in [-0.2, 0) is 0 Å². The number of fused-ring (bicyclic) bond motifs is 1. The van der Waals surface area contributed by atoms with E-state index in [-0.39, 0.29) is 5.91 Å². The van der Waals surface area contributed by atoms with E-state index in [0.29, 0.717) is 16.9 Å². The molecule has 1 amide bonds. The maximum atomic E-state index is 12.2. The van der Waals surface area contributed by atoms with Crippen LogP contribution in [0.4, 0.5) is 5.69 Å². The maximum Gasteiger partial charge on any atom is 0.271 e. The third-order valence-electron chi connectivity index (χ3n) is 5.52. The molecule has 23 heavy (non-hydrogen) atoms. The van der Waals surface area contributed by atoms with Crippen LogP contribution in [0.2, 0.25) is 0 Å². The highest BCUT2D eigenvalue weighted by Crippen LogP contribution is 2.58. The quantitative estimate of drug-likeness (QED) is 0.683. The van der Waals surface area contributed by atoms with Crippen molar-refractivity contribution in [3.63, 3.8) is 0 Å². The monoisotopic (exact) mass is 311 g/mol. The van der Waals surface area contributed by atoms with Gasteiger partial charge in [0.2, 0.25) is 0 Å². The van der Waals surface area contributed by atoms with Crippen molar-refractivity contribution in [2.45, 2.75) is 26.7 Å². The van der Waals surface area contributed by atoms with E-state index >= 15 is 0 Å². The van der Waals surface area contributed by atoms with E-state index < -0.39 is 0 Å². The fourth-order valence-corrected chi connectivity index (χ4v) is 3.70. The SMILES string of the molecule is CN(C)c1cccc(C(=O)N/N=C/C2=CCC3CC2C3(C)C)c1. The first-order valence-electron chi connectivity index (χ1n) is 8.20. The molecule has 0 aromatic heterocycles. The van der Waals surface area contributed by atoms with E-state index in [4.69, 9.17) is 0 Å². The Kier molecular flexibility index (Phi) is 4.00. The predicted molar refractivity (Wildman–Crippen MR) is 94.8 cm³/mol. The molecule has 4 heteroatoms. The highest BCUT2D eigenvalue weighted by Gasteiger charge is 2.50. The Hall–Kier alpha value is -2.10. The zero-order valence-electron chi connectivity index (χ0n) is 14.3. The molecule has 1 N–H and O–H groups in total. The summed E-state index contributed by atoms with van der Waals surface area (Å²) in [5.41, 5.74) is 5.91. The average molecular weight is 311 g/mol. The van der Waals surface area contributed by atoms with Crippen LogP contribution < -0.4 is 10.3 Å². The highest BCUT2D eigenvalue weighted by molar-refractivity contribution is 5.95. The highest BCUT2D eigenvalue weighted by atomic mass is 16.2. The first-order chi connectivity index (χ1) is 10.9. The molecule has 4 nitrogen and oxygen atoms in total. The van der Waals surface area contributed by atoms with Crippen molar-refractivity contribution in [1.29, 1.82) is 0 Å². The van der Waals surface area contributed by atoms with E-state index in [0.717, 1.165) is 18.0 Å². The second-order valence-electron chi connectivity index (χ2n) is 7.39. The number of allylic oxidation sites excluding steroid dienone is 2. The van der Waals surface area contributed by atoms with E-state index in [2.05, 4.69) is 30.5 Å². The number of nitrogens with one attached hydrogen (secondary N) is 1. The molecule has 2 unspecified atom stereocenters. The Morgan fingerprint density at radius 3 is 2.83 bits per heavy atom. The standard InChI is InChI=1S/C19H25N3O/c1-19(2)15-9-8-14(17(19)11-15)12-20-21-18(23)13-6-5-7-16(10-13)22(3)4/h5-8,10,12,15,17H,9,11H2,1-4H3,(H,21,23)/b20-12+. The number of rotatable bonds is 4. The summed E-state index contributed by atoms with van der Waals surface area (Å²) < 4.78 is 0. The molecule has 0 radical (unpaired) electrons. The van der Waals surface area contributed by atoms with Gasteiger partial charge in [0.1, 0.15) is 0 Å². The number of carbonyl (C=O) groups is 1. The van der Waals surface area contributed by atoms with Crippen molar-refractivity contribution in [1.82, 2.24) is 5.43 Å². The smallest absolute Gasteiger partial charge is 0.271 e. The summed E-state index contributed by atoms with van der Waals surface area (Å²) in [6, 6.07) is 7.53. The molecule has 122 valence electrons. The van der Waals surface area contributed by atoms with Gasteiger partial charge >= 0.3 is 0 Å². The molecule has 0 spiro atoms. The summed E-state index contributed by atoms with van der Waals surface area (Å²) in [6.45, 7) is 4.66. The van der Waals surface area contributed by atoms with E-state index in [1.165, 1.54) is 12.0 Å². The van der Waals surface area contributed by atoms with Crippen LogP contribution in [0.5, 0.6) is 0 Å². The molecule has 4 rings (SSSR count). The van der Waals surface area contributed by atoms with Gasteiger partial charge in [-0.2, -0.15) is 5.10 Å². The van der Waals surface area contributed by atoms with Gasteiger partial charge in [0.05, 0.1) is 6.21 Å². The maximum absolute atomic E-state index is 12.2. The predicted octanol–water partition coefficient (Wildman–Crippen LogP) is 3.46. The van der Waals surface area contributed by atoms with Gasteiger partial charge in [-0.1, -0.05) is 26.0 Å². The molecule has 3 aliphatic rings. The van der Waals surface area contributed by atoms with Gasteiger partial charge in [0, 0.05) is 25.3 Å². The molecule has 1 aromatic rings. The largest absolute Gasteiger partial charge is 0.378 e. The van der Waals surface area contributed by atoms with Gasteiger partial charge in [0.15, 0.2) is 0 Å². The number of nitrogens with zero attached hydrogens (tertiary/aromatic N) is 2. The van der Waals surface area contributed by atoms with Crippen LogP contribution in [0.3, 0.4) is 0 Å². The van der Waals surface area contributed by atoms with Gasteiger partial charge in [-0.25, -0.2) is 5.43 Å². The molecule has 0 saturated heterocycles. The first-order valence-corrected chi connectivity index (χ1v) is 8.20. The molecule has 1 aromatic carbocycles. The van der Waals surface area contributed by atoms with E-state index in [1.54, 1.807) is 6.07 Å². The lowest BCUT2D eigenvalue weighted by Crippen LogP contribution is -2.48. The fourth-order valence-electron chi connectivity index (χ4n) is 3.70. The minimum Gasteiger partial charge on any atom is -0.378 e. The van der Waals surface area contributed by atoms with Gasteiger partial charge in [0.25, 0.3) is 5.91 Å². The summed E-state index contributed by atoms with van der Waals surface area (Å²) in [5, 5.41) is 4.18. The molecule has 1 fully saturated rings. The van der Waals surface area contributed by atoms with Crippen molar-refractivity contribution in [2.24, 2.45) is 22.4 Å². The number of benzene rings is 1. The van der Waals surface area contributed by atoms with Crippen LogP contribution in [0.25, 0.3) is 0 Å². The number of hydrogen-bond donors (Lipinski definition) is 1. The second kappa shape index (κ2) is 5.84. The third kappa shape index (κ3) is 2.90. The van der Waals surface area contributed by atoms with Crippen molar-refractivity contribution in [2.75, 3.05) is 19.0 Å². The number of hydrogen-bond acceptors (Lipinski definition) is 3. The molecule has 0 heterocycles. The van der Waals surface area contributed by atoms with Gasteiger partial charge in [-0.05, 0) is 53.9 Å². The summed E-state index contributed by atoms with van der Waals surface area (Å²) in [6.07, 6.45) is 6.48. The molecule has 2 atom stereocenters. The molecular formula is C19H25N3O. The lowest BCUT2D eigenvalue weighted by Gasteiger charge is -2.55. The second-order valence-corrected chi connectivity index (χ2v) is 7.39. The summed E-state index contributed by atoms with van der Waals surface area (Å²) in [5.74, 6) is 1.22. The Balaban J connectivity index is 1.63. The fraction of sp³-hybridized carbons (Fsp3) is 0.474. The number of anilines is 1.